The molecule has 0 bridgehead atoms. The van der Waals surface area contributed by atoms with E-state index >= 15 is 0 Å². The van der Waals surface area contributed by atoms with Gasteiger partial charge in [-0.15, -0.1) is 0 Å². The van der Waals surface area contributed by atoms with E-state index in [4.69, 9.17) is 9.72 Å². The third kappa shape index (κ3) is 6.75. The summed E-state index contributed by atoms with van der Waals surface area (Å²) in [6.07, 6.45) is 4.81. The Morgan fingerprint density at radius 2 is 1.69 bits per heavy atom. The van der Waals surface area contributed by atoms with Gasteiger partial charge in [-0.2, -0.15) is 0 Å². The molecule has 0 spiro atoms. The highest BCUT2D eigenvalue weighted by Gasteiger charge is 2.11. The van der Waals surface area contributed by atoms with E-state index in [1.807, 2.05) is 36.4 Å². The Morgan fingerprint density at radius 1 is 0.944 bits per heavy atom. The number of amides is 1. The van der Waals surface area contributed by atoms with Gasteiger partial charge in [0.05, 0.1) is 17.6 Å². The summed E-state index contributed by atoms with van der Waals surface area (Å²) in [5.41, 5.74) is 4.25. The fraction of sp³-hybridized carbons (Fsp3) is 0.355. The molecular formula is C31H37N3O2. The SMILES string of the molecule is CCC(C)c1ccc(OCCCCn2c(CCCNC(=O)c3ccccc3)nc3ccccc32)cc1. The molecule has 0 saturated carbocycles. The molecule has 0 aliphatic heterocycles. The first-order chi connectivity index (χ1) is 17.7. The van der Waals surface area contributed by atoms with Crippen LogP contribution in [0.5, 0.6) is 5.75 Å². The smallest absolute Gasteiger partial charge is 0.251 e. The molecule has 3 aromatic carbocycles. The molecule has 0 radical (unpaired) electrons. The average Bonchev–Trinajstić information content (AvgIpc) is 3.28. The molecular weight excluding hydrogens is 446 g/mol. The molecule has 1 aromatic heterocycles. The summed E-state index contributed by atoms with van der Waals surface area (Å²) >= 11 is 0. The maximum Gasteiger partial charge on any atom is 0.251 e. The molecule has 4 aromatic rings. The van der Waals surface area contributed by atoms with Crippen molar-refractivity contribution >= 4 is 16.9 Å². The number of rotatable bonds is 13. The highest BCUT2D eigenvalue weighted by Crippen LogP contribution is 2.22. The zero-order chi connectivity index (χ0) is 25.2. The van der Waals surface area contributed by atoms with Crippen LogP contribution < -0.4 is 10.1 Å². The maximum absolute atomic E-state index is 12.3. The second-order valence-electron chi connectivity index (χ2n) is 9.33. The average molecular weight is 484 g/mol. The number of benzene rings is 3. The van der Waals surface area contributed by atoms with Crippen molar-refractivity contribution in [3.05, 3.63) is 95.8 Å². The lowest BCUT2D eigenvalue weighted by atomic mass is 9.99. The molecule has 0 fully saturated rings. The number of hydrogen-bond donors (Lipinski definition) is 1. The third-order valence-corrected chi connectivity index (χ3v) is 6.74. The normalized spacial score (nSPS) is 11.9. The van der Waals surface area contributed by atoms with Crippen molar-refractivity contribution in [3.8, 4) is 5.75 Å². The van der Waals surface area contributed by atoms with Crippen LogP contribution in [0.15, 0.2) is 78.9 Å². The van der Waals surface area contributed by atoms with Crippen LogP contribution in [-0.4, -0.2) is 28.6 Å². The van der Waals surface area contributed by atoms with Gasteiger partial charge in [-0.05, 0) is 73.6 Å². The lowest BCUT2D eigenvalue weighted by Gasteiger charge is -2.12. The Kier molecular flexibility index (Phi) is 9.15. The highest BCUT2D eigenvalue weighted by molar-refractivity contribution is 5.94. The fourth-order valence-electron chi connectivity index (χ4n) is 4.40. The van der Waals surface area contributed by atoms with E-state index in [1.165, 1.54) is 11.1 Å². The number of para-hydroxylation sites is 2. The first kappa shape index (κ1) is 25.5. The number of aromatic nitrogens is 2. The fourth-order valence-corrected chi connectivity index (χ4v) is 4.40. The lowest BCUT2D eigenvalue weighted by molar-refractivity contribution is 0.0953. The van der Waals surface area contributed by atoms with Crippen molar-refractivity contribution in [2.75, 3.05) is 13.2 Å². The van der Waals surface area contributed by atoms with E-state index in [0.29, 0.717) is 24.6 Å². The molecule has 5 heteroatoms. The monoisotopic (exact) mass is 483 g/mol. The summed E-state index contributed by atoms with van der Waals surface area (Å²) in [5.74, 6) is 2.57. The van der Waals surface area contributed by atoms with Crippen LogP contribution in [0.2, 0.25) is 0 Å². The number of fused-ring (bicyclic) bond motifs is 1. The predicted molar refractivity (Wildman–Crippen MR) is 147 cm³/mol. The molecule has 0 aliphatic carbocycles. The van der Waals surface area contributed by atoms with Gasteiger partial charge in [-0.25, -0.2) is 4.98 Å². The Bertz CT molecular complexity index is 1230. The van der Waals surface area contributed by atoms with Crippen LogP contribution in [0.1, 0.15) is 67.2 Å². The summed E-state index contributed by atoms with van der Waals surface area (Å²) in [6.45, 7) is 6.71. The second kappa shape index (κ2) is 12.9. The second-order valence-corrected chi connectivity index (χ2v) is 9.33. The summed E-state index contributed by atoms with van der Waals surface area (Å²) < 4.78 is 8.31. The van der Waals surface area contributed by atoms with Crippen LogP contribution in [0, 0.1) is 0 Å². The van der Waals surface area contributed by atoms with E-state index < -0.39 is 0 Å². The van der Waals surface area contributed by atoms with Crippen molar-refractivity contribution in [2.45, 2.75) is 58.4 Å². The van der Waals surface area contributed by atoms with Gasteiger partial charge in [0.25, 0.3) is 5.91 Å². The van der Waals surface area contributed by atoms with Crippen LogP contribution in [-0.2, 0) is 13.0 Å². The van der Waals surface area contributed by atoms with E-state index in [2.05, 4.69) is 66.2 Å². The first-order valence-corrected chi connectivity index (χ1v) is 13.2. The third-order valence-electron chi connectivity index (χ3n) is 6.74. The minimum Gasteiger partial charge on any atom is -0.494 e. The van der Waals surface area contributed by atoms with Crippen LogP contribution in [0.4, 0.5) is 0 Å². The number of carbonyl (C=O) groups is 1. The number of nitrogens with one attached hydrogen (secondary N) is 1. The molecule has 0 saturated heterocycles. The van der Waals surface area contributed by atoms with Gasteiger partial charge >= 0.3 is 0 Å². The van der Waals surface area contributed by atoms with Gasteiger partial charge in [-0.1, -0.05) is 56.3 Å². The predicted octanol–water partition coefficient (Wildman–Crippen LogP) is 6.77. The van der Waals surface area contributed by atoms with E-state index in [-0.39, 0.29) is 5.91 Å². The van der Waals surface area contributed by atoms with E-state index in [0.717, 1.165) is 55.7 Å². The van der Waals surface area contributed by atoms with Crippen LogP contribution in [0.3, 0.4) is 0 Å². The molecule has 0 aliphatic rings. The minimum absolute atomic E-state index is 0.0291. The highest BCUT2D eigenvalue weighted by atomic mass is 16.5. The summed E-state index contributed by atoms with van der Waals surface area (Å²) in [7, 11) is 0. The molecule has 36 heavy (non-hydrogen) atoms. The van der Waals surface area contributed by atoms with Crippen LogP contribution in [0.25, 0.3) is 11.0 Å². The Labute approximate surface area is 214 Å². The van der Waals surface area contributed by atoms with Crippen molar-refractivity contribution < 1.29 is 9.53 Å². The first-order valence-electron chi connectivity index (χ1n) is 13.2. The minimum atomic E-state index is -0.0291. The summed E-state index contributed by atoms with van der Waals surface area (Å²) in [4.78, 5) is 17.2. The summed E-state index contributed by atoms with van der Waals surface area (Å²) in [5, 5.41) is 3.02. The zero-order valence-corrected chi connectivity index (χ0v) is 21.5. The quantitative estimate of drug-likeness (QED) is 0.213. The van der Waals surface area contributed by atoms with Crippen molar-refractivity contribution in [1.29, 1.82) is 0 Å². The van der Waals surface area contributed by atoms with Crippen molar-refractivity contribution in [1.82, 2.24) is 14.9 Å². The number of unbranched alkanes of at least 4 members (excludes halogenated alkanes) is 1. The Balaban J connectivity index is 1.26. The van der Waals surface area contributed by atoms with Crippen molar-refractivity contribution in [2.24, 2.45) is 0 Å². The molecule has 1 unspecified atom stereocenters. The number of carbonyl (C=O) groups excluding carboxylic acids is 1. The van der Waals surface area contributed by atoms with Gasteiger partial charge < -0.3 is 14.6 Å². The number of hydrogen-bond acceptors (Lipinski definition) is 3. The number of ether oxygens (including phenoxy) is 1. The topological polar surface area (TPSA) is 56.1 Å². The van der Waals surface area contributed by atoms with Gasteiger partial charge in [0, 0.05) is 25.1 Å². The van der Waals surface area contributed by atoms with E-state index in [9.17, 15) is 4.79 Å². The molecule has 1 heterocycles. The molecule has 1 amide bonds. The Hall–Kier alpha value is -3.60. The number of imidazole rings is 1. The van der Waals surface area contributed by atoms with Gasteiger partial charge in [0.15, 0.2) is 0 Å². The standard InChI is InChI=1S/C31H37N3O2/c1-3-24(2)25-17-19-27(20-18-25)36-23-10-9-22-34-29-15-8-7-14-28(29)33-30(34)16-11-21-32-31(35)26-12-5-4-6-13-26/h4-8,12-15,17-20,24H,3,9-11,16,21-23H2,1-2H3,(H,32,35). The van der Waals surface area contributed by atoms with Crippen LogP contribution >= 0.6 is 0 Å². The largest absolute Gasteiger partial charge is 0.494 e. The molecule has 5 nitrogen and oxygen atoms in total. The summed E-state index contributed by atoms with van der Waals surface area (Å²) in [6, 6.07) is 26.2. The maximum atomic E-state index is 12.3. The van der Waals surface area contributed by atoms with Gasteiger partial charge in [0.2, 0.25) is 0 Å². The lowest BCUT2D eigenvalue weighted by Crippen LogP contribution is -2.24. The number of nitrogens with zero attached hydrogens (tertiary/aromatic N) is 2. The van der Waals surface area contributed by atoms with Crippen molar-refractivity contribution in [3.63, 3.8) is 0 Å². The molecule has 4 rings (SSSR count). The van der Waals surface area contributed by atoms with Gasteiger partial charge in [-0.3, -0.25) is 4.79 Å². The van der Waals surface area contributed by atoms with E-state index in [1.54, 1.807) is 0 Å². The Morgan fingerprint density at radius 3 is 2.47 bits per heavy atom. The molecule has 1 atom stereocenters. The number of aryl methyl sites for hydroxylation is 2. The van der Waals surface area contributed by atoms with Gasteiger partial charge in [0.1, 0.15) is 11.6 Å². The zero-order valence-electron chi connectivity index (χ0n) is 21.5. The molecule has 1 N–H and O–H groups in total. The molecule has 188 valence electrons.